The summed E-state index contributed by atoms with van der Waals surface area (Å²) in [6.45, 7) is 8.98. The van der Waals surface area contributed by atoms with Crippen LogP contribution in [-0.2, 0) is 11.3 Å². The van der Waals surface area contributed by atoms with E-state index in [0.29, 0.717) is 12.0 Å². The molecule has 1 rings (SSSR count). The van der Waals surface area contributed by atoms with Crippen molar-refractivity contribution in [2.24, 2.45) is 5.73 Å². The van der Waals surface area contributed by atoms with Crippen LogP contribution in [0, 0.1) is 0 Å². The third kappa shape index (κ3) is 5.21. The minimum Gasteiger partial charge on any atom is -0.368 e. The van der Waals surface area contributed by atoms with Gasteiger partial charge in [-0.2, -0.15) is 0 Å². The Labute approximate surface area is 114 Å². The molecule has 3 N–H and O–H groups in total. The zero-order chi connectivity index (χ0) is 14.4. The number of nitrogens with one attached hydrogen (secondary N) is 1. The van der Waals surface area contributed by atoms with E-state index in [0.717, 1.165) is 12.1 Å². The topological polar surface area (TPSA) is 84.1 Å². The average molecular weight is 265 g/mol. The first-order chi connectivity index (χ1) is 8.90. The molecule has 0 fully saturated rings. The molecule has 0 atom stereocenters. The summed E-state index contributed by atoms with van der Waals surface area (Å²) in [4.78, 5) is 21.4. The Hall–Kier alpha value is -1.69. The van der Waals surface area contributed by atoms with Crippen LogP contribution in [0.4, 0.5) is 5.95 Å². The van der Waals surface area contributed by atoms with Gasteiger partial charge in [0.25, 0.3) is 0 Å². The van der Waals surface area contributed by atoms with Crippen molar-refractivity contribution in [1.29, 1.82) is 0 Å². The van der Waals surface area contributed by atoms with Crippen molar-refractivity contribution in [3.05, 3.63) is 18.0 Å². The molecule has 1 aromatic rings. The maximum Gasteiger partial charge on any atom is 0.237 e. The van der Waals surface area contributed by atoms with Crippen LogP contribution < -0.4 is 16.0 Å². The first-order valence-electron chi connectivity index (χ1n) is 6.49. The van der Waals surface area contributed by atoms with E-state index < -0.39 is 0 Å². The van der Waals surface area contributed by atoms with E-state index in [2.05, 4.69) is 29.1 Å². The van der Waals surface area contributed by atoms with E-state index in [1.54, 1.807) is 17.3 Å². The van der Waals surface area contributed by atoms with Crippen molar-refractivity contribution in [2.45, 2.75) is 46.3 Å². The van der Waals surface area contributed by atoms with Crippen molar-refractivity contribution < 1.29 is 4.79 Å². The smallest absolute Gasteiger partial charge is 0.237 e. The van der Waals surface area contributed by atoms with Crippen LogP contribution in [0.1, 0.15) is 33.3 Å². The molecule has 106 valence electrons. The Morgan fingerprint density at radius 3 is 2.32 bits per heavy atom. The summed E-state index contributed by atoms with van der Waals surface area (Å²) < 4.78 is 0. The van der Waals surface area contributed by atoms with E-state index in [-0.39, 0.29) is 18.5 Å². The van der Waals surface area contributed by atoms with Gasteiger partial charge in [0, 0.05) is 36.6 Å². The van der Waals surface area contributed by atoms with Crippen molar-refractivity contribution >= 4 is 11.9 Å². The molecule has 1 heterocycles. The lowest BCUT2D eigenvalue weighted by Crippen LogP contribution is -2.39. The van der Waals surface area contributed by atoms with Gasteiger partial charge in [-0.3, -0.25) is 4.79 Å². The zero-order valence-corrected chi connectivity index (χ0v) is 12.1. The van der Waals surface area contributed by atoms with Crippen LogP contribution in [-0.4, -0.2) is 34.5 Å². The van der Waals surface area contributed by atoms with Crippen molar-refractivity contribution in [1.82, 2.24) is 15.3 Å². The molecule has 0 aliphatic rings. The third-order valence-electron chi connectivity index (χ3n) is 2.61. The largest absolute Gasteiger partial charge is 0.368 e. The highest BCUT2D eigenvalue weighted by Crippen LogP contribution is 2.10. The fourth-order valence-corrected chi connectivity index (χ4v) is 1.56. The van der Waals surface area contributed by atoms with E-state index in [1.165, 1.54) is 0 Å². The number of aromatic nitrogens is 2. The number of carbonyl (C=O) groups is 1. The van der Waals surface area contributed by atoms with Crippen LogP contribution in [0.15, 0.2) is 12.4 Å². The molecule has 0 bridgehead atoms. The van der Waals surface area contributed by atoms with E-state index in [4.69, 9.17) is 5.73 Å². The Balaban J connectivity index is 2.74. The molecule has 0 saturated heterocycles. The fourth-order valence-electron chi connectivity index (χ4n) is 1.56. The number of hydrogen-bond acceptors (Lipinski definition) is 5. The maximum atomic E-state index is 11.0. The average Bonchev–Trinajstić information content (AvgIpc) is 2.33. The minimum absolute atomic E-state index is 0.118. The predicted octanol–water partition coefficient (Wildman–Crippen LogP) is 0.675. The lowest BCUT2D eigenvalue weighted by atomic mass is 10.3. The standard InChI is InChI=1S/C13H23N5O/c1-9(2)15-5-11-6-16-13(17-7-11)18(10(3)4)8-12(14)19/h6-7,9-10,15H,5,8H2,1-4H3,(H2,14,19). The molecule has 0 aromatic carbocycles. The molecular weight excluding hydrogens is 242 g/mol. The maximum absolute atomic E-state index is 11.0. The Bertz CT molecular complexity index is 402. The fraction of sp³-hybridized carbons (Fsp3) is 0.615. The highest BCUT2D eigenvalue weighted by atomic mass is 16.1. The first-order valence-corrected chi connectivity index (χ1v) is 6.49. The summed E-state index contributed by atoms with van der Waals surface area (Å²) >= 11 is 0. The van der Waals surface area contributed by atoms with E-state index in [1.807, 2.05) is 13.8 Å². The summed E-state index contributed by atoms with van der Waals surface area (Å²) in [5, 5.41) is 3.30. The molecule has 0 aliphatic carbocycles. The number of hydrogen-bond donors (Lipinski definition) is 2. The Morgan fingerprint density at radius 2 is 1.89 bits per heavy atom. The summed E-state index contributed by atoms with van der Waals surface area (Å²) in [6, 6.07) is 0.536. The molecule has 0 saturated carbocycles. The molecule has 0 spiro atoms. The molecule has 0 unspecified atom stereocenters. The quantitative estimate of drug-likeness (QED) is 0.757. The van der Waals surface area contributed by atoms with Gasteiger partial charge in [0.15, 0.2) is 0 Å². The molecular formula is C13H23N5O. The number of nitrogens with two attached hydrogens (primary N) is 1. The van der Waals surface area contributed by atoms with Crippen molar-refractivity contribution in [3.63, 3.8) is 0 Å². The van der Waals surface area contributed by atoms with Gasteiger partial charge < -0.3 is 16.0 Å². The summed E-state index contributed by atoms with van der Waals surface area (Å²) in [7, 11) is 0. The van der Waals surface area contributed by atoms with Gasteiger partial charge in [-0.1, -0.05) is 13.8 Å². The molecule has 19 heavy (non-hydrogen) atoms. The van der Waals surface area contributed by atoms with Crippen molar-refractivity contribution in [3.8, 4) is 0 Å². The van der Waals surface area contributed by atoms with Crippen LogP contribution in [0.25, 0.3) is 0 Å². The van der Waals surface area contributed by atoms with Crippen LogP contribution in [0.2, 0.25) is 0 Å². The molecule has 6 nitrogen and oxygen atoms in total. The summed E-state index contributed by atoms with van der Waals surface area (Å²) in [5.74, 6) is 0.143. The van der Waals surface area contributed by atoms with Gasteiger partial charge >= 0.3 is 0 Å². The normalized spacial score (nSPS) is 11.1. The summed E-state index contributed by atoms with van der Waals surface area (Å²) in [5.41, 5.74) is 6.25. The van der Waals surface area contributed by atoms with Gasteiger partial charge in [0.2, 0.25) is 11.9 Å². The van der Waals surface area contributed by atoms with Gasteiger partial charge in [0.05, 0.1) is 6.54 Å². The minimum atomic E-state index is -0.386. The molecule has 1 aromatic heterocycles. The molecule has 0 radical (unpaired) electrons. The lowest BCUT2D eigenvalue weighted by molar-refractivity contribution is -0.116. The number of anilines is 1. The summed E-state index contributed by atoms with van der Waals surface area (Å²) in [6.07, 6.45) is 3.54. The van der Waals surface area contributed by atoms with Crippen LogP contribution in [0.5, 0.6) is 0 Å². The number of nitrogens with zero attached hydrogens (tertiary/aromatic N) is 3. The number of carbonyl (C=O) groups excluding carboxylic acids is 1. The third-order valence-corrected chi connectivity index (χ3v) is 2.61. The van der Waals surface area contributed by atoms with Crippen molar-refractivity contribution in [2.75, 3.05) is 11.4 Å². The monoisotopic (exact) mass is 265 g/mol. The Kier molecular flexibility index (Phi) is 5.69. The highest BCUT2D eigenvalue weighted by Gasteiger charge is 2.15. The molecule has 6 heteroatoms. The predicted molar refractivity (Wildman–Crippen MR) is 75.7 cm³/mol. The Morgan fingerprint density at radius 1 is 1.32 bits per heavy atom. The van der Waals surface area contributed by atoms with Crippen LogP contribution in [0.3, 0.4) is 0 Å². The second-order valence-electron chi connectivity index (χ2n) is 5.11. The van der Waals surface area contributed by atoms with E-state index >= 15 is 0 Å². The lowest BCUT2D eigenvalue weighted by Gasteiger charge is -2.25. The van der Waals surface area contributed by atoms with Gasteiger partial charge in [-0.25, -0.2) is 9.97 Å². The first kappa shape index (κ1) is 15.4. The highest BCUT2D eigenvalue weighted by molar-refractivity contribution is 5.78. The SMILES string of the molecule is CC(C)NCc1cnc(N(CC(N)=O)C(C)C)nc1. The number of primary amides is 1. The van der Waals surface area contributed by atoms with E-state index in [9.17, 15) is 4.79 Å². The van der Waals surface area contributed by atoms with Crippen LogP contribution >= 0.6 is 0 Å². The zero-order valence-electron chi connectivity index (χ0n) is 12.1. The second kappa shape index (κ2) is 7.04. The molecule has 1 amide bonds. The molecule has 0 aliphatic heterocycles. The van der Waals surface area contributed by atoms with Gasteiger partial charge in [-0.15, -0.1) is 0 Å². The number of amides is 1. The number of rotatable bonds is 7. The van der Waals surface area contributed by atoms with Gasteiger partial charge in [-0.05, 0) is 13.8 Å². The van der Waals surface area contributed by atoms with Gasteiger partial charge in [0.1, 0.15) is 0 Å². The second-order valence-corrected chi connectivity index (χ2v) is 5.11.